The van der Waals surface area contributed by atoms with E-state index in [1.54, 1.807) is 0 Å². The number of hydrogen-bond donors (Lipinski definition) is 1. The largest absolute Gasteiger partial charge is 0.354 e. The molecule has 1 aromatic heterocycles. The maximum atomic E-state index is 6.20. The Morgan fingerprint density at radius 1 is 1.00 bits per heavy atom. The first-order valence-electron chi connectivity index (χ1n) is 5.58. The third-order valence-corrected chi connectivity index (χ3v) is 3.27. The van der Waals surface area contributed by atoms with E-state index in [0.29, 0.717) is 0 Å². The third kappa shape index (κ3) is 1.83. The minimum absolute atomic E-state index is 0.774. The number of rotatable bonds is 1. The van der Waals surface area contributed by atoms with Gasteiger partial charge in [0.05, 0.1) is 0 Å². The molecule has 0 amide bonds. The summed E-state index contributed by atoms with van der Waals surface area (Å²) in [5.74, 6) is 0. The molecule has 1 heterocycles. The van der Waals surface area contributed by atoms with Gasteiger partial charge in [-0.05, 0) is 30.7 Å². The molecule has 1 N–H and O–H groups in total. The molecular weight excluding hydrogens is 230 g/mol. The molecule has 0 fully saturated rings. The number of halogens is 1. The van der Waals surface area contributed by atoms with Crippen LogP contribution in [0.25, 0.3) is 22.2 Å². The van der Waals surface area contributed by atoms with E-state index >= 15 is 0 Å². The van der Waals surface area contributed by atoms with Gasteiger partial charge in [-0.3, -0.25) is 0 Å². The van der Waals surface area contributed by atoms with Crippen molar-refractivity contribution in [3.05, 3.63) is 59.1 Å². The highest BCUT2D eigenvalue weighted by Crippen LogP contribution is 2.29. The molecule has 0 aliphatic carbocycles. The molecule has 17 heavy (non-hydrogen) atoms. The smallest absolute Gasteiger partial charge is 0.0499 e. The summed E-state index contributed by atoms with van der Waals surface area (Å²) in [7, 11) is 0. The Hall–Kier alpha value is -1.73. The van der Waals surface area contributed by atoms with Crippen LogP contribution in [0.2, 0.25) is 5.02 Å². The van der Waals surface area contributed by atoms with E-state index in [4.69, 9.17) is 11.6 Å². The first-order valence-corrected chi connectivity index (χ1v) is 5.96. The number of aryl methyl sites for hydroxylation is 1. The summed E-state index contributed by atoms with van der Waals surface area (Å²) >= 11 is 6.20. The Labute approximate surface area is 105 Å². The van der Waals surface area contributed by atoms with E-state index in [1.807, 2.05) is 24.3 Å². The van der Waals surface area contributed by atoms with Gasteiger partial charge in [0, 0.05) is 27.2 Å². The van der Waals surface area contributed by atoms with Gasteiger partial charge >= 0.3 is 0 Å². The zero-order valence-corrected chi connectivity index (χ0v) is 10.3. The molecule has 0 aliphatic heterocycles. The summed E-state index contributed by atoms with van der Waals surface area (Å²) in [4.78, 5) is 3.41. The Balaban J connectivity index is 2.22. The summed E-state index contributed by atoms with van der Waals surface area (Å²) in [6.45, 7) is 2.09. The van der Waals surface area contributed by atoms with Gasteiger partial charge in [-0.1, -0.05) is 41.9 Å². The predicted octanol–water partition coefficient (Wildman–Crippen LogP) is 4.80. The number of fused-ring (bicyclic) bond motifs is 1. The van der Waals surface area contributed by atoms with Crippen molar-refractivity contribution < 1.29 is 0 Å². The molecule has 0 aliphatic rings. The fourth-order valence-corrected chi connectivity index (χ4v) is 2.30. The standard InChI is InChI=1S/C15H12ClN/c1-10-6-7-11-9-15(17-14(11)8-10)12-4-2-3-5-13(12)16/h2-9,17H,1H3. The fourth-order valence-electron chi connectivity index (χ4n) is 2.07. The van der Waals surface area contributed by atoms with Gasteiger partial charge in [0.1, 0.15) is 0 Å². The topological polar surface area (TPSA) is 15.8 Å². The van der Waals surface area contributed by atoms with E-state index in [-0.39, 0.29) is 0 Å². The molecule has 0 saturated heterocycles. The van der Waals surface area contributed by atoms with Gasteiger partial charge in [0.2, 0.25) is 0 Å². The van der Waals surface area contributed by atoms with E-state index in [9.17, 15) is 0 Å². The van der Waals surface area contributed by atoms with E-state index < -0.39 is 0 Å². The average molecular weight is 242 g/mol. The van der Waals surface area contributed by atoms with Crippen molar-refractivity contribution >= 4 is 22.5 Å². The molecular formula is C15H12ClN. The first-order chi connectivity index (χ1) is 8.24. The lowest BCUT2D eigenvalue weighted by Crippen LogP contribution is -1.78. The number of H-pyrrole nitrogens is 1. The summed E-state index contributed by atoms with van der Waals surface area (Å²) in [6, 6.07) is 16.4. The zero-order chi connectivity index (χ0) is 11.8. The molecule has 0 atom stereocenters. The van der Waals surface area contributed by atoms with Crippen LogP contribution in [-0.2, 0) is 0 Å². The lowest BCUT2D eigenvalue weighted by atomic mass is 10.1. The molecule has 0 bridgehead atoms. The summed E-state index contributed by atoms with van der Waals surface area (Å²) in [5.41, 5.74) is 4.52. The third-order valence-electron chi connectivity index (χ3n) is 2.94. The molecule has 3 rings (SSSR count). The molecule has 2 aromatic carbocycles. The quantitative estimate of drug-likeness (QED) is 0.630. The normalized spacial score (nSPS) is 10.9. The Kier molecular flexibility index (Phi) is 2.41. The number of nitrogens with one attached hydrogen (secondary N) is 1. The van der Waals surface area contributed by atoms with Crippen molar-refractivity contribution in [1.29, 1.82) is 0 Å². The van der Waals surface area contributed by atoms with Crippen molar-refractivity contribution in [2.45, 2.75) is 6.92 Å². The second-order valence-corrected chi connectivity index (χ2v) is 4.66. The van der Waals surface area contributed by atoms with Crippen molar-refractivity contribution in [3.8, 4) is 11.3 Å². The van der Waals surface area contributed by atoms with Gasteiger partial charge < -0.3 is 4.98 Å². The first kappa shape index (κ1) is 10.4. The van der Waals surface area contributed by atoms with Gasteiger partial charge in [-0.2, -0.15) is 0 Å². The fraction of sp³-hybridized carbons (Fsp3) is 0.0667. The highest BCUT2D eigenvalue weighted by Gasteiger charge is 2.06. The van der Waals surface area contributed by atoms with Crippen LogP contribution in [0.5, 0.6) is 0 Å². The van der Waals surface area contributed by atoms with E-state index in [0.717, 1.165) is 21.8 Å². The molecule has 84 valence electrons. The minimum Gasteiger partial charge on any atom is -0.354 e. The Morgan fingerprint density at radius 3 is 2.65 bits per heavy atom. The zero-order valence-electron chi connectivity index (χ0n) is 9.50. The van der Waals surface area contributed by atoms with Crippen LogP contribution in [0.3, 0.4) is 0 Å². The number of benzene rings is 2. The second kappa shape index (κ2) is 3.94. The molecule has 3 aromatic rings. The lowest BCUT2D eigenvalue weighted by molar-refractivity contribution is 1.43. The van der Waals surface area contributed by atoms with Crippen LogP contribution in [-0.4, -0.2) is 4.98 Å². The molecule has 2 heteroatoms. The predicted molar refractivity (Wildman–Crippen MR) is 73.5 cm³/mol. The number of aromatic amines is 1. The molecule has 0 saturated carbocycles. The Morgan fingerprint density at radius 2 is 1.82 bits per heavy atom. The molecule has 1 nitrogen and oxygen atoms in total. The SMILES string of the molecule is Cc1ccc2cc(-c3ccccc3Cl)[nH]c2c1. The van der Waals surface area contributed by atoms with E-state index in [2.05, 4.69) is 36.2 Å². The average Bonchev–Trinajstić information content (AvgIpc) is 2.72. The number of hydrogen-bond acceptors (Lipinski definition) is 0. The van der Waals surface area contributed by atoms with Crippen LogP contribution in [0.4, 0.5) is 0 Å². The van der Waals surface area contributed by atoms with Crippen molar-refractivity contribution in [1.82, 2.24) is 4.98 Å². The van der Waals surface area contributed by atoms with Crippen molar-refractivity contribution in [2.75, 3.05) is 0 Å². The monoisotopic (exact) mass is 241 g/mol. The highest BCUT2D eigenvalue weighted by atomic mass is 35.5. The van der Waals surface area contributed by atoms with Crippen LogP contribution in [0.15, 0.2) is 48.5 Å². The molecule has 0 radical (unpaired) electrons. The van der Waals surface area contributed by atoms with Crippen LogP contribution in [0, 0.1) is 6.92 Å². The van der Waals surface area contributed by atoms with E-state index in [1.165, 1.54) is 10.9 Å². The maximum Gasteiger partial charge on any atom is 0.0499 e. The van der Waals surface area contributed by atoms with Gasteiger partial charge in [0.25, 0.3) is 0 Å². The maximum absolute atomic E-state index is 6.20. The van der Waals surface area contributed by atoms with Gasteiger partial charge in [-0.25, -0.2) is 0 Å². The summed E-state index contributed by atoms with van der Waals surface area (Å²) < 4.78 is 0. The van der Waals surface area contributed by atoms with Crippen molar-refractivity contribution in [2.24, 2.45) is 0 Å². The van der Waals surface area contributed by atoms with Gasteiger partial charge in [0.15, 0.2) is 0 Å². The lowest BCUT2D eigenvalue weighted by Gasteiger charge is -1.99. The minimum atomic E-state index is 0.774. The Bertz CT molecular complexity index is 682. The summed E-state index contributed by atoms with van der Waals surface area (Å²) in [5, 5.41) is 1.99. The summed E-state index contributed by atoms with van der Waals surface area (Å²) in [6.07, 6.45) is 0. The highest BCUT2D eigenvalue weighted by molar-refractivity contribution is 6.33. The second-order valence-electron chi connectivity index (χ2n) is 4.25. The molecule has 0 unspecified atom stereocenters. The van der Waals surface area contributed by atoms with Crippen LogP contribution in [0.1, 0.15) is 5.56 Å². The van der Waals surface area contributed by atoms with Crippen LogP contribution >= 0.6 is 11.6 Å². The number of aromatic nitrogens is 1. The van der Waals surface area contributed by atoms with Gasteiger partial charge in [-0.15, -0.1) is 0 Å². The molecule has 0 spiro atoms. The van der Waals surface area contributed by atoms with Crippen molar-refractivity contribution in [3.63, 3.8) is 0 Å². The van der Waals surface area contributed by atoms with Crippen LogP contribution < -0.4 is 0 Å².